The zero-order chi connectivity index (χ0) is 15.2. The van der Waals surface area contributed by atoms with Crippen LogP contribution < -0.4 is 10.6 Å². The summed E-state index contributed by atoms with van der Waals surface area (Å²) in [6.45, 7) is 3.46. The molecule has 1 aliphatic heterocycles. The zero-order valence-corrected chi connectivity index (χ0v) is 12.2. The van der Waals surface area contributed by atoms with Crippen LogP contribution in [0.2, 0.25) is 0 Å². The fraction of sp³-hybridized carbons (Fsp3) is 0.500. The van der Waals surface area contributed by atoms with E-state index in [9.17, 15) is 14.0 Å². The monoisotopic (exact) mass is 292 g/mol. The van der Waals surface area contributed by atoms with Gasteiger partial charge in [-0.25, -0.2) is 4.39 Å². The number of ketones is 1. The second-order valence-corrected chi connectivity index (χ2v) is 5.59. The van der Waals surface area contributed by atoms with Gasteiger partial charge in [-0.2, -0.15) is 0 Å². The lowest BCUT2D eigenvalue weighted by atomic mass is 9.95. The number of benzene rings is 1. The Kier molecular flexibility index (Phi) is 5.44. The summed E-state index contributed by atoms with van der Waals surface area (Å²) in [6.07, 6.45) is 2.14. The Labute approximate surface area is 124 Å². The van der Waals surface area contributed by atoms with Crippen LogP contribution in [0.4, 0.5) is 4.39 Å². The molecule has 2 rings (SSSR count). The Hall–Kier alpha value is -1.75. The first-order valence-corrected chi connectivity index (χ1v) is 7.36. The lowest BCUT2D eigenvalue weighted by Crippen LogP contribution is -2.46. The van der Waals surface area contributed by atoms with Crippen LogP contribution in [0.5, 0.6) is 0 Å². The van der Waals surface area contributed by atoms with E-state index in [1.54, 1.807) is 13.0 Å². The minimum atomic E-state index is -0.455. The molecule has 0 radical (unpaired) electrons. The molecular formula is C16H21FN2O2. The van der Waals surface area contributed by atoms with Gasteiger partial charge in [0.1, 0.15) is 5.82 Å². The smallest absolute Gasteiger partial charge is 0.220 e. The topological polar surface area (TPSA) is 58.2 Å². The van der Waals surface area contributed by atoms with Gasteiger partial charge in [0.15, 0.2) is 5.78 Å². The van der Waals surface area contributed by atoms with Gasteiger partial charge in [-0.15, -0.1) is 0 Å². The fourth-order valence-electron chi connectivity index (χ4n) is 2.56. The molecule has 21 heavy (non-hydrogen) atoms. The van der Waals surface area contributed by atoms with Crippen LogP contribution in [0.15, 0.2) is 24.3 Å². The Morgan fingerprint density at radius 2 is 2.29 bits per heavy atom. The van der Waals surface area contributed by atoms with Crippen LogP contribution in [0.1, 0.15) is 36.5 Å². The van der Waals surface area contributed by atoms with Gasteiger partial charge in [0, 0.05) is 30.5 Å². The number of hydrogen-bond donors (Lipinski definition) is 2. The standard InChI is InChI=1S/C16H21FN2O2/c1-11(16(21)12-4-2-5-13(17)9-12)8-15(20)19-14-6-3-7-18-10-14/h2,4-5,9,11,14,18H,3,6-8,10H2,1H3,(H,19,20)/t11?,14-/m0/s1. The van der Waals surface area contributed by atoms with Gasteiger partial charge in [0.25, 0.3) is 0 Å². The van der Waals surface area contributed by atoms with Crippen molar-refractivity contribution in [3.8, 4) is 0 Å². The van der Waals surface area contributed by atoms with Gasteiger partial charge >= 0.3 is 0 Å². The summed E-state index contributed by atoms with van der Waals surface area (Å²) in [5, 5.41) is 6.16. The molecule has 1 fully saturated rings. The van der Waals surface area contributed by atoms with Crippen molar-refractivity contribution in [3.05, 3.63) is 35.6 Å². The minimum absolute atomic E-state index is 0.124. The largest absolute Gasteiger partial charge is 0.352 e. The molecule has 1 aliphatic rings. The van der Waals surface area contributed by atoms with Crippen molar-refractivity contribution in [2.24, 2.45) is 5.92 Å². The van der Waals surface area contributed by atoms with Crippen LogP contribution in [0, 0.1) is 11.7 Å². The Bertz CT molecular complexity index is 513. The SMILES string of the molecule is CC(CC(=O)N[C@H]1CCCNC1)C(=O)c1cccc(F)c1. The predicted molar refractivity (Wildman–Crippen MR) is 78.5 cm³/mol. The molecule has 1 aromatic rings. The quantitative estimate of drug-likeness (QED) is 0.815. The number of Topliss-reactive ketones (excluding diaryl/α,β-unsaturated/α-hetero) is 1. The van der Waals surface area contributed by atoms with Crippen molar-refractivity contribution in [1.82, 2.24) is 10.6 Å². The molecule has 1 heterocycles. The van der Waals surface area contributed by atoms with Crippen molar-refractivity contribution in [2.45, 2.75) is 32.2 Å². The maximum Gasteiger partial charge on any atom is 0.220 e. The van der Waals surface area contributed by atoms with Crippen molar-refractivity contribution in [3.63, 3.8) is 0 Å². The van der Waals surface area contributed by atoms with Crippen molar-refractivity contribution < 1.29 is 14.0 Å². The van der Waals surface area contributed by atoms with Crippen LogP contribution >= 0.6 is 0 Å². The normalized spacial score (nSPS) is 19.8. The highest BCUT2D eigenvalue weighted by atomic mass is 19.1. The second kappa shape index (κ2) is 7.31. The first-order valence-electron chi connectivity index (χ1n) is 7.36. The summed E-state index contributed by atoms with van der Waals surface area (Å²) in [5.74, 6) is -1.22. The highest BCUT2D eigenvalue weighted by molar-refractivity contribution is 5.99. The zero-order valence-electron chi connectivity index (χ0n) is 12.2. The van der Waals surface area contributed by atoms with Crippen molar-refractivity contribution >= 4 is 11.7 Å². The van der Waals surface area contributed by atoms with Crippen LogP contribution in [-0.2, 0) is 4.79 Å². The number of halogens is 1. The minimum Gasteiger partial charge on any atom is -0.352 e. The third-order valence-corrected chi connectivity index (χ3v) is 3.71. The molecule has 0 saturated carbocycles. The number of amides is 1. The van der Waals surface area contributed by atoms with Crippen molar-refractivity contribution in [2.75, 3.05) is 13.1 Å². The summed E-state index contributed by atoms with van der Waals surface area (Å²) in [4.78, 5) is 24.1. The Morgan fingerprint density at radius 3 is 2.95 bits per heavy atom. The lowest BCUT2D eigenvalue weighted by molar-refractivity contribution is -0.122. The maximum atomic E-state index is 13.1. The summed E-state index contributed by atoms with van der Waals surface area (Å²) >= 11 is 0. The molecule has 1 aromatic carbocycles. The molecule has 1 unspecified atom stereocenters. The molecule has 0 spiro atoms. The van der Waals surface area contributed by atoms with E-state index in [0.29, 0.717) is 5.56 Å². The van der Waals surface area contributed by atoms with Gasteiger partial charge in [-0.3, -0.25) is 9.59 Å². The molecular weight excluding hydrogens is 271 g/mol. The molecule has 4 nitrogen and oxygen atoms in total. The highest BCUT2D eigenvalue weighted by Gasteiger charge is 2.21. The number of hydrogen-bond acceptors (Lipinski definition) is 3. The van der Waals surface area contributed by atoms with Gasteiger partial charge in [-0.1, -0.05) is 19.1 Å². The molecule has 0 aromatic heterocycles. The molecule has 114 valence electrons. The summed E-state index contributed by atoms with van der Waals surface area (Å²) < 4.78 is 13.1. The number of piperidine rings is 1. The molecule has 0 bridgehead atoms. The van der Waals surface area contributed by atoms with Gasteiger partial charge < -0.3 is 10.6 Å². The third-order valence-electron chi connectivity index (χ3n) is 3.71. The number of rotatable bonds is 5. The van der Waals surface area contributed by atoms with Gasteiger partial charge in [0.2, 0.25) is 5.91 Å². The predicted octanol–water partition coefficient (Wildman–Crippen LogP) is 1.90. The van der Waals surface area contributed by atoms with Crippen LogP contribution in [0.25, 0.3) is 0 Å². The highest BCUT2D eigenvalue weighted by Crippen LogP contribution is 2.14. The van der Waals surface area contributed by atoms with E-state index < -0.39 is 11.7 Å². The van der Waals surface area contributed by atoms with E-state index in [-0.39, 0.29) is 24.2 Å². The van der Waals surface area contributed by atoms with Gasteiger partial charge in [-0.05, 0) is 31.5 Å². The Morgan fingerprint density at radius 1 is 1.48 bits per heavy atom. The van der Waals surface area contributed by atoms with E-state index in [2.05, 4.69) is 10.6 Å². The molecule has 2 N–H and O–H groups in total. The van der Waals surface area contributed by atoms with Crippen molar-refractivity contribution in [1.29, 1.82) is 0 Å². The number of nitrogens with one attached hydrogen (secondary N) is 2. The average Bonchev–Trinajstić information content (AvgIpc) is 2.47. The fourth-order valence-corrected chi connectivity index (χ4v) is 2.56. The third kappa shape index (κ3) is 4.63. The van der Waals surface area contributed by atoms with E-state index in [1.807, 2.05) is 0 Å². The summed E-state index contributed by atoms with van der Waals surface area (Å²) in [5.41, 5.74) is 0.314. The molecule has 1 saturated heterocycles. The van der Waals surface area contributed by atoms with E-state index in [0.717, 1.165) is 25.9 Å². The molecule has 0 aliphatic carbocycles. The number of carbonyl (C=O) groups excluding carboxylic acids is 2. The van der Waals surface area contributed by atoms with E-state index in [4.69, 9.17) is 0 Å². The second-order valence-electron chi connectivity index (χ2n) is 5.59. The Balaban J connectivity index is 1.86. The van der Waals surface area contributed by atoms with E-state index >= 15 is 0 Å². The van der Waals surface area contributed by atoms with Crippen LogP contribution in [0.3, 0.4) is 0 Å². The average molecular weight is 292 g/mol. The number of carbonyl (C=O) groups is 2. The van der Waals surface area contributed by atoms with E-state index in [1.165, 1.54) is 18.2 Å². The molecule has 1 amide bonds. The molecule has 5 heteroatoms. The lowest BCUT2D eigenvalue weighted by Gasteiger charge is -2.24. The van der Waals surface area contributed by atoms with Crippen LogP contribution in [-0.4, -0.2) is 30.8 Å². The van der Waals surface area contributed by atoms with Gasteiger partial charge in [0.05, 0.1) is 0 Å². The molecule has 2 atom stereocenters. The summed E-state index contributed by atoms with van der Waals surface area (Å²) in [6, 6.07) is 5.72. The maximum absolute atomic E-state index is 13.1. The summed E-state index contributed by atoms with van der Waals surface area (Å²) in [7, 11) is 0. The first kappa shape index (κ1) is 15.6. The first-order chi connectivity index (χ1) is 10.1.